The van der Waals surface area contributed by atoms with E-state index in [1.807, 2.05) is 0 Å². The smallest absolute Gasteiger partial charge is 0.000769 e. The maximum absolute atomic E-state index is 3.63. The lowest BCUT2D eigenvalue weighted by Crippen LogP contribution is -2.36. The molecule has 0 unspecified atom stereocenters. The first-order valence-electron chi connectivity index (χ1n) is 9.04. The van der Waals surface area contributed by atoms with E-state index in [1.165, 1.54) is 90.0 Å². The maximum atomic E-state index is 3.63. The molecule has 1 aliphatic rings. The summed E-state index contributed by atoms with van der Waals surface area (Å²) in [6.07, 6.45) is 19.0. The predicted molar refractivity (Wildman–Crippen MR) is 86.7 cm³/mol. The predicted octanol–water partition coefficient (Wildman–Crippen LogP) is 5.69. The number of rotatable bonds is 11. The van der Waals surface area contributed by atoms with Gasteiger partial charge in [0.15, 0.2) is 0 Å². The number of hydrogen-bond acceptors (Lipinski definition) is 1. The average Bonchev–Trinajstić information content (AvgIpc) is 2.45. The minimum absolute atomic E-state index is 0.664. The molecule has 0 heterocycles. The van der Waals surface area contributed by atoms with Crippen LogP contribution in [0.5, 0.6) is 0 Å². The van der Waals surface area contributed by atoms with Crippen LogP contribution in [0.2, 0.25) is 0 Å². The van der Waals surface area contributed by atoms with Crippen molar-refractivity contribution in [3.8, 4) is 0 Å². The fourth-order valence-electron chi connectivity index (χ4n) is 3.66. The largest absolute Gasteiger partial charge is 0.316 e. The maximum Gasteiger partial charge on any atom is 0.000769 e. The lowest BCUT2D eigenvalue weighted by atomic mass is 9.70. The van der Waals surface area contributed by atoms with Crippen LogP contribution < -0.4 is 5.32 Å². The van der Waals surface area contributed by atoms with Crippen LogP contribution in [0.4, 0.5) is 0 Å². The number of unbranched alkanes of at least 4 members (excludes halogenated alkanes) is 6. The number of nitrogens with one attached hydrogen (secondary N) is 1. The van der Waals surface area contributed by atoms with E-state index >= 15 is 0 Å². The second-order valence-electron chi connectivity index (χ2n) is 6.71. The molecule has 1 nitrogen and oxygen atoms in total. The van der Waals surface area contributed by atoms with Gasteiger partial charge in [0.05, 0.1) is 0 Å². The van der Waals surface area contributed by atoms with E-state index in [9.17, 15) is 0 Å². The van der Waals surface area contributed by atoms with Gasteiger partial charge in [-0.05, 0) is 31.2 Å². The average molecular weight is 268 g/mol. The summed E-state index contributed by atoms with van der Waals surface area (Å²) in [5.41, 5.74) is 0.664. The zero-order valence-electron chi connectivity index (χ0n) is 13.6. The van der Waals surface area contributed by atoms with Gasteiger partial charge in [0.2, 0.25) is 0 Å². The Hall–Kier alpha value is -0.0400. The molecule has 19 heavy (non-hydrogen) atoms. The standard InChI is InChI=1S/C18H37N/c1-3-5-6-7-8-9-11-14-18(17-19-4-2)15-12-10-13-16-18/h19H,3-17H2,1-2H3. The van der Waals surface area contributed by atoms with E-state index in [0.29, 0.717) is 5.41 Å². The molecule has 0 bridgehead atoms. The van der Waals surface area contributed by atoms with Gasteiger partial charge in [0.25, 0.3) is 0 Å². The molecule has 0 amide bonds. The molecule has 0 atom stereocenters. The summed E-state index contributed by atoms with van der Waals surface area (Å²) >= 11 is 0. The topological polar surface area (TPSA) is 12.0 Å². The zero-order valence-corrected chi connectivity index (χ0v) is 13.6. The van der Waals surface area contributed by atoms with Crippen LogP contribution in [0, 0.1) is 5.41 Å². The molecule has 0 aromatic heterocycles. The molecule has 0 saturated heterocycles. The zero-order chi connectivity index (χ0) is 13.8. The van der Waals surface area contributed by atoms with Gasteiger partial charge in [-0.25, -0.2) is 0 Å². The Morgan fingerprint density at radius 1 is 0.789 bits per heavy atom. The second kappa shape index (κ2) is 10.7. The molecule has 1 heteroatoms. The van der Waals surface area contributed by atoms with Crippen LogP contribution in [0.1, 0.15) is 97.3 Å². The summed E-state index contributed by atoms with van der Waals surface area (Å²) in [6.45, 7) is 6.95. The molecule has 1 fully saturated rings. The summed E-state index contributed by atoms with van der Waals surface area (Å²) in [4.78, 5) is 0. The van der Waals surface area contributed by atoms with Crippen molar-refractivity contribution in [3.05, 3.63) is 0 Å². The molecule has 0 spiro atoms. The summed E-state index contributed by atoms with van der Waals surface area (Å²) in [5, 5.41) is 3.63. The van der Waals surface area contributed by atoms with E-state index in [-0.39, 0.29) is 0 Å². The van der Waals surface area contributed by atoms with Crippen molar-refractivity contribution in [2.75, 3.05) is 13.1 Å². The minimum Gasteiger partial charge on any atom is -0.316 e. The monoisotopic (exact) mass is 267 g/mol. The highest BCUT2D eigenvalue weighted by Crippen LogP contribution is 2.40. The van der Waals surface area contributed by atoms with Crippen molar-refractivity contribution in [3.63, 3.8) is 0 Å². The summed E-state index contributed by atoms with van der Waals surface area (Å²) in [7, 11) is 0. The minimum atomic E-state index is 0.664. The van der Waals surface area contributed by atoms with Gasteiger partial charge in [-0.1, -0.05) is 78.1 Å². The Morgan fingerprint density at radius 2 is 1.42 bits per heavy atom. The number of hydrogen-bond donors (Lipinski definition) is 1. The summed E-state index contributed by atoms with van der Waals surface area (Å²) in [5.74, 6) is 0. The van der Waals surface area contributed by atoms with Crippen LogP contribution in [-0.4, -0.2) is 13.1 Å². The lowest BCUT2D eigenvalue weighted by molar-refractivity contribution is 0.162. The third-order valence-corrected chi connectivity index (χ3v) is 4.97. The first kappa shape index (κ1) is 17.0. The van der Waals surface area contributed by atoms with Gasteiger partial charge in [-0.3, -0.25) is 0 Å². The van der Waals surface area contributed by atoms with E-state index < -0.39 is 0 Å². The molecule has 0 aromatic carbocycles. The fraction of sp³-hybridized carbons (Fsp3) is 1.00. The molecule has 114 valence electrons. The Kier molecular flexibility index (Phi) is 9.59. The SMILES string of the molecule is CCCCCCCCCC1(CNCC)CCCCC1. The quantitative estimate of drug-likeness (QED) is 0.474. The van der Waals surface area contributed by atoms with Crippen molar-refractivity contribution < 1.29 is 0 Å². The third kappa shape index (κ3) is 7.34. The highest BCUT2D eigenvalue weighted by Gasteiger charge is 2.30. The first-order chi connectivity index (χ1) is 9.33. The second-order valence-corrected chi connectivity index (χ2v) is 6.71. The molecule has 0 radical (unpaired) electrons. The van der Waals surface area contributed by atoms with Crippen LogP contribution >= 0.6 is 0 Å². The van der Waals surface area contributed by atoms with E-state index in [1.54, 1.807) is 0 Å². The molecular weight excluding hydrogens is 230 g/mol. The van der Waals surface area contributed by atoms with Crippen LogP contribution in [0.3, 0.4) is 0 Å². The van der Waals surface area contributed by atoms with Crippen LogP contribution in [-0.2, 0) is 0 Å². The highest BCUT2D eigenvalue weighted by atomic mass is 14.9. The normalized spacial score (nSPS) is 18.6. The molecule has 1 N–H and O–H groups in total. The molecular formula is C18H37N. The fourth-order valence-corrected chi connectivity index (χ4v) is 3.66. The highest BCUT2D eigenvalue weighted by molar-refractivity contribution is 4.84. The Bertz CT molecular complexity index is 194. The van der Waals surface area contributed by atoms with E-state index in [0.717, 1.165) is 6.54 Å². The van der Waals surface area contributed by atoms with Crippen molar-refractivity contribution in [1.82, 2.24) is 5.32 Å². The van der Waals surface area contributed by atoms with Gasteiger partial charge >= 0.3 is 0 Å². The molecule has 0 aromatic rings. The van der Waals surface area contributed by atoms with Gasteiger partial charge < -0.3 is 5.32 Å². The van der Waals surface area contributed by atoms with Crippen LogP contribution in [0.25, 0.3) is 0 Å². The molecule has 0 aliphatic heterocycles. The summed E-state index contributed by atoms with van der Waals surface area (Å²) < 4.78 is 0. The molecule has 1 saturated carbocycles. The van der Waals surface area contributed by atoms with Gasteiger partial charge in [0, 0.05) is 6.54 Å². The summed E-state index contributed by atoms with van der Waals surface area (Å²) in [6, 6.07) is 0. The van der Waals surface area contributed by atoms with Crippen molar-refractivity contribution in [1.29, 1.82) is 0 Å². The molecule has 1 aliphatic carbocycles. The Labute approximate surface area is 121 Å². The van der Waals surface area contributed by atoms with Crippen molar-refractivity contribution >= 4 is 0 Å². The van der Waals surface area contributed by atoms with Gasteiger partial charge in [0.1, 0.15) is 0 Å². The Morgan fingerprint density at radius 3 is 2.05 bits per heavy atom. The van der Waals surface area contributed by atoms with Crippen LogP contribution in [0.15, 0.2) is 0 Å². The third-order valence-electron chi connectivity index (χ3n) is 4.97. The van der Waals surface area contributed by atoms with E-state index in [4.69, 9.17) is 0 Å². The van der Waals surface area contributed by atoms with Gasteiger partial charge in [-0.15, -0.1) is 0 Å². The van der Waals surface area contributed by atoms with Crippen molar-refractivity contribution in [2.45, 2.75) is 97.3 Å². The lowest BCUT2D eigenvalue weighted by Gasteiger charge is -2.38. The van der Waals surface area contributed by atoms with Crippen molar-refractivity contribution in [2.24, 2.45) is 5.41 Å². The first-order valence-corrected chi connectivity index (χ1v) is 9.04. The molecule has 1 rings (SSSR count). The van der Waals surface area contributed by atoms with E-state index in [2.05, 4.69) is 19.2 Å². The Balaban J connectivity index is 2.14. The van der Waals surface area contributed by atoms with Gasteiger partial charge in [-0.2, -0.15) is 0 Å².